The van der Waals surface area contributed by atoms with E-state index in [9.17, 15) is 9.59 Å². The van der Waals surface area contributed by atoms with Crippen molar-refractivity contribution >= 4 is 17.8 Å². The molecular weight excluding hydrogens is 230 g/mol. The minimum atomic E-state index is -0.932. The lowest BCUT2D eigenvalue weighted by molar-refractivity contribution is -0.142. The van der Waals surface area contributed by atoms with Crippen molar-refractivity contribution in [3.8, 4) is 0 Å². The molecule has 0 aromatic carbocycles. The van der Waals surface area contributed by atoms with E-state index in [4.69, 9.17) is 5.11 Å². The summed E-state index contributed by atoms with van der Waals surface area (Å²) in [5.41, 5.74) is 0. The van der Waals surface area contributed by atoms with Crippen LogP contribution in [0.5, 0.6) is 0 Å². The first-order chi connectivity index (χ1) is 8.15. The molecule has 17 heavy (non-hydrogen) atoms. The summed E-state index contributed by atoms with van der Waals surface area (Å²) in [6, 6.07) is 0. The zero-order valence-corrected chi connectivity index (χ0v) is 9.71. The topological polar surface area (TPSA) is 94.4 Å². The monoisotopic (exact) mass is 245 g/mol. The molecule has 0 aliphatic heterocycles. The molecule has 0 saturated heterocycles. The number of allylic oxidation sites excluding steroid dienone is 1. The molecule has 0 atom stereocenters. The van der Waals surface area contributed by atoms with E-state index in [1.54, 1.807) is 6.92 Å². The average molecular weight is 245 g/mol. The highest BCUT2D eigenvalue weighted by Crippen LogP contribution is 1.93. The Kier molecular flexibility index (Phi) is 8.31. The van der Waals surface area contributed by atoms with Crippen molar-refractivity contribution in [1.82, 2.24) is 0 Å². The third kappa shape index (κ3) is 7.07. The summed E-state index contributed by atoms with van der Waals surface area (Å²) >= 11 is 0. The molecule has 0 aromatic rings. The number of hydrogen-bond donors (Lipinski definition) is 1. The third-order valence-corrected chi connectivity index (χ3v) is 1.38. The number of rotatable bonds is 5. The fraction of sp³-hybridized carbons (Fsp3) is 0.500. The summed E-state index contributed by atoms with van der Waals surface area (Å²) in [5.74, 6) is -2.28. The Morgan fingerprint density at radius 2 is 2.12 bits per heavy atom. The molecule has 1 N–H and O–H groups in total. The van der Waals surface area contributed by atoms with E-state index < -0.39 is 17.8 Å². The van der Waals surface area contributed by atoms with Crippen molar-refractivity contribution in [2.45, 2.75) is 13.3 Å². The zero-order valence-electron chi connectivity index (χ0n) is 9.71. The Bertz CT molecular complexity index is 310. The first kappa shape index (κ1) is 15.1. The van der Waals surface area contributed by atoms with Gasteiger partial charge in [0.2, 0.25) is 0 Å². The largest absolute Gasteiger partial charge is 0.458 e. The summed E-state index contributed by atoms with van der Waals surface area (Å²) in [5, 5.41) is 11.7. The molecule has 0 spiro atoms. The summed E-state index contributed by atoms with van der Waals surface area (Å²) in [4.78, 5) is 26.7. The second-order valence-corrected chi connectivity index (χ2v) is 2.71. The molecule has 0 radical (unpaired) electrons. The van der Waals surface area contributed by atoms with Crippen molar-refractivity contribution in [1.29, 1.82) is 0 Å². The van der Waals surface area contributed by atoms with Crippen molar-refractivity contribution in [2.24, 2.45) is 5.16 Å². The van der Waals surface area contributed by atoms with Gasteiger partial charge >= 0.3 is 17.8 Å². The first-order valence-electron chi connectivity index (χ1n) is 4.89. The molecule has 0 unspecified atom stereocenters. The van der Waals surface area contributed by atoms with E-state index >= 15 is 0 Å². The Morgan fingerprint density at radius 1 is 1.41 bits per heavy atom. The summed E-state index contributed by atoms with van der Waals surface area (Å²) in [7, 11) is 1.20. The number of carbonyl (C=O) groups excluding carboxylic acids is 2. The van der Waals surface area contributed by atoms with Crippen molar-refractivity contribution in [3.63, 3.8) is 0 Å². The maximum Gasteiger partial charge on any atom is 0.397 e. The fourth-order valence-corrected chi connectivity index (χ4v) is 0.737. The standard InChI is InChI=1S/C10H15NO6/c1-3-5-8(13)17-9(11-15-2)10(14)16-7-4-6-12/h3,5,12H,4,6-7H2,1-2H3. The molecular formula is C10H15NO6. The smallest absolute Gasteiger partial charge is 0.397 e. The van der Waals surface area contributed by atoms with Gasteiger partial charge in [0.15, 0.2) is 0 Å². The lowest BCUT2D eigenvalue weighted by atomic mass is 10.5. The van der Waals surface area contributed by atoms with Gasteiger partial charge in [-0.15, -0.1) is 0 Å². The van der Waals surface area contributed by atoms with E-state index in [0.29, 0.717) is 0 Å². The molecule has 0 aliphatic carbocycles. The Labute approximate surface area is 98.6 Å². The molecule has 0 bridgehead atoms. The summed E-state index contributed by atoms with van der Waals surface area (Å²) in [6.45, 7) is 1.51. The maximum atomic E-state index is 11.3. The summed E-state index contributed by atoms with van der Waals surface area (Å²) in [6.07, 6.45) is 2.85. The van der Waals surface area contributed by atoms with Crippen LogP contribution in [-0.4, -0.2) is 43.3 Å². The molecule has 0 amide bonds. The van der Waals surface area contributed by atoms with Crippen LogP contribution in [0.15, 0.2) is 17.3 Å². The van der Waals surface area contributed by atoms with Gasteiger partial charge in [-0.3, -0.25) is 0 Å². The molecule has 96 valence electrons. The molecule has 0 aromatic heterocycles. The van der Waals surface area contributed by atoms with Crippen LogP contribution in [0.3, 0.4) is 0 Å². The van der Waals surface area contributed by atoms with E-state index in [0.717, 1.165) is 6.08 Å². The molecule has 0 aliphatic rings. The SMILES string of the molecule is CC=CC(=O)OC(=NOC)C(=O)OCCCO. The van der Waals surface area contributed by atoms with Crippen LogP contribution in [-0.2, 0) is 23.9 Å². The van der Waals surface area contributed by atoms with Crippen molar-refractivity contribution < 1.29 is 29.0 Å². The Balaban J connectivity index is 4.37. The fourth-order valence-electron chi connectivity index (χ4n) is 0.737. The van der Waals surface area contributed by atoms with Gasteiger partial charge in [-0.1, -0.05) is 6.08 Å². The minimum Gasteiger partial charge on any atom is -0.458 e. The highest BCUT2D eigenvalue weighted by molar-refractivity contribution is 6.34. The Morgan fingerprint density at radius 3 is 2.65 bits per heavy atom. The number of ether oxygens (including phenoxy) is 2. The number of hydrogen-bond acceptors (Lipinski definition) is 7. The van der Waals surface area contributed by atoms with Gasteiger partial charge in [0, 0.05) is 19.1 Å². The van der Waals surface area contributed by atoms with Gasteiger partial charge in [-0.25, -0.2) is 9.59 Å². The second kappa shape index (κ2) is 9.34. The number of nitrogens with zero attached hydrogens (tertiary/aromatic N) is 1. The zero-order chi connectivity index (χ0) is 13.1. The van der Waals surface area contributed by atoms with Gasteiger partial charge in [-0.2, -0.15) is 0 Å². The maximum absolute atomic E-state index is 11.3. The van der Waals surface area contributed by atoms with Crippen LogP contribution in [0.4, 0.5) is 0 Å². The minimum absolute atomic E-state index is 0.000759. The molecule has 0 fully saturated rings. The van der Waals surface area contributed by atoms with Gasteiger partial charge < -0.3 is 19.4 Å². The molecule has 0 saturated carbocycles. The van der Waals surface area contributed by atoms with Crippen molar-refractivity contribution in [3.05, 3.63) is 12.2 Å². The average Bonchev–Trinajstić information content (AvgIpc) is 2.29. The first-order valence-corrected chi connectivity index (χ1v) is 4.89. The molecule has 7 nitrogen and oxygen atoms in total. The van der Waals surface area contributed by atoms with Crippen molar-refractivity contribution in [2.75, 3.05) is 20.3 Å². The number of oxime groups is 1. The lowest BCUT2D eigenvalue weighted by Crippen LogP contribution is -2.24. The van der Waals surface area contributed by atoms with E-state index in [1.165, 1.54) is 13.2 Å². The molecule has 0 rings (SSSR count). The van der Waals surface area contributed by atoms with Crippen LogP contribution in [0, 0.1) is 0 Å². The van der Waals surface area contributed by atoms with Gasteiger partial charge in [-0.05, 0) is 12.1 Å². The number of carbonyl (C=O) groups is 2. The predicted octanol–water partition coefficient (Wildman–Crippen LogP) is -0.00880. The highest BCUT2D eigenvalue weighted by Gasteiger charge is 2.18. The normalized spacial score (nSPS) is 11.4. The lowest BCUT2D eigenvalue weighted by Gasteiger charge is -2.05. The molecule has 7 heteroatoms. The second-order valence-electron chi connectivity index (χ2n) is 2.71. The van der Waals surface area contributed by atoms with E-state index in [2.05, 4.69) is 19.5 Å². The number of aliphatic hydroxyl groups excluding tert-OH is 1. The van der Waals surface area contributed by atoms with Gasteiger partial charge in [0.05, 0.1) is 6.61 Å². The number of esters is 2. The van der Waals surface area contributed by atoms with Gasteiger partial charge in [0.25, 0.3) is 0 Å². The van der Waals surface area contributed by atoms with E-state index in [1.807, 2.05) is 0 Å². The van der Waals surface area contributed by atoms with Crippen LogP contribution in [0.25, 0.3) is 0 Å². The van der Waals surface area contributed by atoms with Gasteiger partial charge in [0.1, 0.15) is 7.11 Å². The van der Waals surface area contributed by atoms with Crippen LogP contribution < -0.4 is 0 Å². The van der Waals surface area contributed by atoms with Crippen LogP contribution in [0.2, 0.25) is 0 Å². The molecule has 0 heterocycles. The highest BCUT2D eigenvalue weighted by atomic mass is 16.7. The quantitative estimate of drug-likeness (QED) is 0.183. The third-order valence-electron chi connectivity index (χ3n) is 1.38. The van der Waals surface area contributed by atoms with Crippen LogP contribution in [0.1, 0.15) is 13.3 Å². The Hall–Kier alpha value is -1.89. The number of aliphatic hydroxyl groups is 1. The predicted molar refractivity (Wildman–Crippen MR) is 58.0 cm³/mol. The van der Waals surface area contributed by atoms with E-state index in [-0.39, 0.29) is 19.6 Å². The van der Waals surface area contributed by atoms with Crippen LogP contribution >= 0.6 is 0 Å². The summed E-state index contributed by atoms with van der Waals surface area (Å²) < 4.78 is 9.25.